The number of nitrogens with zero attached hydrogens (tertiary/aromatic N) is 1. The first-order valence-corrected chi connectivity index (χ1v) is 4.37. The number of hydrogen-bond donors (Lipinski definition) is 2. The third-order valence-electron chi connectivity index (χ3n) is 1.61. The number of carbonyl (C=O) groups is 1. The van der Waals surface area contributed by atoms with Crippen LogP contribution in [-0.4, -0.2) is 24.4 Å². The Balaban J connectivity index is 2.82. The zero-order chi connectivity index (χ0) is 11.3. The van der Waals surface area contributed by atoms with Crippen LogP contribution in [0.2, 0.25) is 5.02 Å². The summed E-state index contributed by atoms with van der Waals surface area (Å²) in [6, 6.07) is 4.80. The molecule has 0 unspecified atom stereocenters. The second kappa shape index (κ2) is 5.21. The number of amides is 1. The van der Waals surface area contributed by atoms with E-state index in [1.807, 2.05) is 0 Å². The molecule has 0 heterocycles. The zero-order valence-electron chi connectivity index (χ0n) is 7.90. The van der Waals surface area contributed by atoms with E-state index in [9.17, 15) is 4.79 Å². The fourth-order valence-corrected chi connectivity index (χ4v) is 1.16. The first-order valence-electron chi connectivity index (χ1n) is 3.99. The van der Waals surface area contributed by atoms with Crippen molar-refractivity contribution >= 4 is 29.4 Å². The van der Waals surface area contributed by atoms with E-state index in [4.69, 9.17) is 21.5 Å². The van der Waals surface area contributed by atoms with Gasteiger partial charge in [-0.25, -0.2) is 0 Å². The van der Waals surface area contributed by atoms with E-state index in [1.54, 1.807) is 18.2 Å². The normalized spacial score (nSPS) is 10.3. The molecule has 0 aliphatic carbocycles. The van der Waals surface area contributed by atoms with Crippen molar-refractivity contribution in [2.24, 2.45) is 5.16 Å². The molecule has 5 nitrogen and oxygen atoms in total. The van der Waals surface area contributed by atoms with Crippen molar-refractivity contribution in [3.63, 3.8) is 0 Å². The first kappa shape index (κ1) is 11.3. The van der Waals surface area contributed by atoms with Gasteiger partial charge in [-0.15, -0.1) is 0 Å². The predicted octanol–water partition coefficient (Wildman–Crippen LogP) is 1.75. The second-order valence-electron chi connectivity index (χ2n) is 2.58. The summed E-state index contributed by atoms with van der Waals surface area (Å²) in [5.41, 5.74) is 0.419. The molecule has 1 amide bonds. The van der Waals surface area contributed by atoms with Gasteiger partial charge in [0.1, 0.15) is 12.0 Å². The Kier molecular flexibility index (Phi) is 3.93. The Morgan fingerprint density at radius 1 is 1.67 bits per heavy atom. The smallest absolute Gasteiger partial charge is 0.270 e. The summed E-state index contributed by atoms with van der Waals surface area (Å²) in [4.78, 5) is 11.0. The van der Waals surface area contributed by atoms with Crippen LogP contribution < -0.4 is 10.1 Å². The largest absolute Gasteiger partial charge is 0.497 e. The van der Waals surface area contributed by atoms with Gasteiger partial charge >= 0.3 is 0 Å². The number of anilines is 1. The minimum absolute atomic E-state index is 0.342. The Morgan fingerprint density at radius 3 is 2.93 bits per heavy atom. The molecule has 1 aromatic rings. The standard InChI is InChI=1S/C9H9ClN2O3/c1-15-6-2-3-8(7(10)4-6)12-9(13)5-11-14/h2-5,14H,1H3,(H,12,13)/b11-5+. The first-order chi connectivity index (χ1) is 7.17. The van der Waals surface area contributed by atoms with Crippen molar-refractivity contribution in [2.45, 2.75) is 0 Å². The van der Waals surface area contributed by atoms with Crippen molar-refractivity contribution in [3.8, 4) is 5.75 Å². The number of ether oxygens (including phenoxy) is 1. The second-order valence-corrected chi connectivity index (χ2v) is 2.99. The lowest BCUT2D eigenvalue weighted by atomic mass is 10.3. The van der Waals surface area contributed by atoms with Gasteiger partial charge in [0, 0.05) is 6.07 Å². The van der Waals surface area contributed by atoms with E-state index in [-0.39, 0.29) is 0 Å². The summed E-state index contributed by atoms with van der Waals surface area (Å²) >= 11 is 5.85. The molecule has 0 saturated carbocycles. The molecular formula is C9H9ClN2O3. The molecule has 0 saturated heterocycles. The molecule has 0 atom stereocenters. The molecule has 0 fully saturated rings. The minimum Gasteiger partial charge on any atom is -0.497 e. The zero-order valence-corrected chi connectivity index (χ0v) is 8.65. The molecule has 0 radical (unpaired) electrons. The Labute approximate surface area is 91.3 Å². The molecule has 0 aliphatic heterocycles. The third-order valence-corrected chi connectivity index (χ3v) is 1.92. The van der Waals surface area contributed by atoms with Gasteiger partial charge in [-0.3, -0.25) is 4.79 Å². The van der Waals surface area contributed by atoms with Crippen molar-refractivity contribution < 1.29 is 14.7 Å². The van der Waals surface area contributed by atoms with Crippen LogP contribution in [0.3, 0.4) is 0 Å². The van der Waals surface area contributed by atoms with Gasteiger partial charge < -0.3 is 15.3 Å². The summed E-state index contributed by atoms with van der Waals surface area (Å²) in [5.74, 6) is 0.0263. The molecule has 1 rings (SSSR count). The van der Waals surface area contributed by atoms with Gasteiger partial charge in [-0.1, -0.05) is 16.8 Å². The molecule has 2 N–H and O–H groups in total. The number of nitrogens with one attached hydrogen (secondary N) is 1. The maximum absolute atomic E-state index is 11.0. The van der Waals surface area contributed by atoms with Crippen LogP contribution in [0.25, 0.3) is 0 Å². The third kappa shape index (κ3) is 3.14. The average Bonchev–Trinajstić information content (AvgIpc) is 2.21. The monoisotopic (exact) mass is 228 g/mol. The average molecular weight is 229 g/mol. The van der Waals surface area contributed by atoms with E-state index in [0.717, 1.165) is 6.21 Å². The van der Waals surface area contributed by atoms with Gasteiger partial charge in [-0.2, -0.15) is 0 Å². The lowest BCUT2D eigenvalue weighted by molar-refractivity contribution is -0.110. The maximum Gasteiger partial charge on any atom is 0.270 e. The number of benzene rings is 1. The molecule has 0 bridgehead atoms. The van der Waals surface area contributed by atoms with Gasteiger partial charge in [0.2, 0.25) is 0 Å². The Morgan fingerprint density at radius 2 is 2.40 bits per heavy atom. The molecule has 0 aliphatic rings. The number of hydrogen-bond acceptors (Lipinski definition) is 4. The SMILES string of the molecule is COc1ccc(NC(=O)/C=N/O)c(Cl)c1. The van der Waals surface area contributed by atoms with E-state index in [2.05, 4.69) is 10.5 Å². The molecule has 1 aromatic carbocycles. The lowest BCUT2D eigenvalue weighted by Gasteiger charge is -2.06. The highest BCUT2D eigenvalue weighted by molar-refractivity contribution is 6.36. The summed E-state index contributed by atoms with van der Waals surface area (Å²) < 4.78 is 4.94. The highest BCUT2D eigenvalue weighted by Crippen LogP contribution is 2.26. The number of oxime groups is 1. The van der Waals surface area contributed by atoms with E-state index >= 15 is 0 Å². The van der Waals surface area contributed by atoms with Crippen LogP contribution in [0, 0.1) is 0 Å². The van der Waals surface area contributed by atoms with Crippen molar-refractivity contribution in [1.29, 1.82) is 0 Å². The molecule has 80 valence electrons. The number of rotatable bonds is 3. The highest BCUT2D eigenvalue weighted by Gasteiger charge is 2.04. The number of halogens is 1. The van der Waals surface area contributed by atoms with Crippen LogP contribution >= 0.6 is 11.6 Å². The quantitative estimate of drug-likeness (QED) is 0.470. The van der Waals surface area contributed by atoms with Crippen LogP contribution in [0.1, 0.15) is 0 Å². The topological polar surface area (TPSA) is 70.9 Å². The molecule has 15 heavy (non-hydrogen) atoms. The Hall–Kier alpha value is -1.75. The minimum atomic E-state index is -0.565. The highest BCUT2D eigenvalue weighted by atomic mass is 35.5. The summed E-state index contributed by atoms with van der Waals surface area (Å²) in [6.07, 6.45) is 0.737. The number of methoxy groups -OCH3 is 1. The van der Waals surface area contributed by atoms with Crippen molar-refractivity contribution in [2.75, 3.05) is 12.4 Å². The summed E-state index contributed by atoms with van der Waals surface area (Å²) in [5, 5.41) is 13.5. The Bertz CT molecular complexity index is 393. The summed E-state index contributed by atoms with van der Waals surface area (Å²) in [7, 11) is 1.52. The fraction of sp³-hybridized carbons (Fsp3) is 0.111. The van der Waals surface area contributed by atoms with Crippen LogP contribution in [-0.2, 0) is 4.79 Å². The fourth-order valence-electron chi connectivity index (χ4n) is 0.942. The van der Waals surface area contributed by atoms with Crippen molar-refractivity contribution in [3.05, 3.63) is 23.2 Å². The van der Waals surface area contributed by atoms with Gasteiger partial charge in [0.25, 0.3) is 5.91 Å². The molecule has 0 spiro atoms. The van der Waals surface area contributed by atoms with E-state index < -0.39 is 5.91 Å². The van der Waals surface area contributed by atoms with Crippen LogP contribution in [0.15, 0.2) is 23.4 Å². The van der Waals surface area contributed by atoms with Gasteiger partial charge in [-0.05, 0) is 12.1 Å². The molecule has 0 aromatic heterocycles. The van der Waals surface area contributed by atoms with Gasteiger partial charge in [0.15, 0.2) is 0 Å². The summed E-state index contributed by atoms with van der Waals surface area (Å²) in [6.45, 7) is 0. The predicted molar refractivity (Wildman–Crippen MR) is 56.9 cm³/mol. The van der Waals surface area contributed by atoms with Crippen LogP contribution in [0.4, 0.5) is 5.69 Å². The number of carbonyl (C=O) groups excluding carboxylic acids is 1. The molecular weight excluding hydrogens is 220 g/mol. The lowest BCUT2D eigenvalue weighted by Crippen LogP contribution is -2.12. The van der Waals surface area contributed by atoms with E-state index in [1.165, 1.54) is 7.11 Å². The maximum atomic E-state index is 11.0. The van der Waals surface area contributed by atoms with Crippen LogP contribution in [0.5, 0.6) is 5.75 Å². The van der Waals surface area contributed by atoms with Crippen molar-refractivity contribution in [1.82, 2.24) is 0 Å². The van der Waals surface area contributed by atoms with E-state index in [0.29, 0.717) is 16.5 Å². The molecule has 6 heteroatoms. The van der Waals surface area contributed by atoms with Gasteiger partial charge in [0.05, 0.1) is 17.8 Å².